The van der Waals surface area contributed by atoms with Crippen LogP contribution in [0.25, 0.3) is 0 Å². The smallest absolute Gasteiger partial charge is 0.279 e. The average Bonchev–Trinajstić information content (AvgIpc) is 2.15. The van der Waals surface area contributed by atoms with E-state index in [-0.39, 0.29) is 11.1 Å². The van der Waals surface area contributed by atoms with Gasteiger partial charge in [0.1, 0.15) is 0 Å². The van der Waals surface area contributed by atoms with Crippen molar-refractivity contribution in [2.75, 3.05) is 0 Å². The van der Waals surface area contributed by atoms with Crippen LogP contribution in [0, 0.1) is 0 Å². The Morgan fingerprint density at radius 3 is 2.06 bits per heavy atom. The van der Waals surface area contributed by atoms with Crippen LogP contribution in [-0.2, 0) is 12.2 Å². The Morgan fingerprint density at radius 1 is 0.875 bits per heavy atom. The molecule has 0 unspecified atom stereocenters. The molecule has 0 atom stereocenters. The van der Waals surface area contributed by atoms with Gasteiger partial charge in [0.25, 0.3) is 11.6 Å². The molecule has 6 nitrogen and oxygen atoms in total. The quantitative estimate of drug-likeness (QED) is 0.279. The van der Waals surface area contributed by atoms with Crippen LogP contribution in [0.4, 0.5) is 0 Å². The van der Waals surface area contributed by atoms with Gasteiger partial charge >= 0.3 is 0 Å². The summed E-state index contributed by atoms with van der Waals surface area (Å²) in [5.41, 5.74) is 0.0509. The van der Waals surface area contributed by atoms with Gasteiger partial charge in [-0.25, -0.2) is 0 Å². The van der Waals surface area contributed by atoms with E-state index in [0.29, 0.717) is 0 Å². The van der Waals surface area contributed by atoms with Gasteiger partial charge in [0.2, 0.25) is 5.79 Å². The number of aliphatic hydroxyl groups is 6. The Hall–Kier alpha value is -1.02. The molecule has 0 heterocycles. The lowest BCUT2D eigenvalue weighted by molar-refractivity contribution is -0.463. The fourth-order valence-electron chi connectivity index (χ4n) is 1.87. The van der Waals surface area contributed by atoms with Crippen molar-refractivity contribution in [3.05, 3.63) is 35.4 Å². The summed E-state index contributed by atoms with van der Waals surface area (Å²) >= 11 is 0. The fourth-order valence-corrected chi connectivity index (χ4v) is 1.87. The van der Waals surface area contributed by atoms with Crippen LogP contribution in [0.1, 0.15) is 11.1 Å². The number of benzene rings is 1. The van der Waals surface area contributed by atoms with E-state index in [9.17, 15) is 30.6 Å². The maximum Gasteiger partial charge on any atom is 0.279 e. The molecule has 1 aliphatic rings. The molecule has 0 aromatic heterocycles. The number of fused-ring (bicyclic) bond motifs is 1. The maximum atomic E-state index is 9.63. The van der Waals surface area contributed by atoms with Crippen LogP contribution >= 0.6 is 0 Å². The lowest BCUT2D eigenvalue weighted by Gasteiger charge is -2.47. The van der Waals surface area contributed by atoms with Crippen molar-refractivity contribution in [3.8, 4) is 0 Å². The molecule has 0 aliphatic heterocycles. The van der Waals surface area contributed by atoms with Gasteiger partial charge < -0.3 is 30.6 Å². The summed E-state index contributed by atoms with van der Waals surface area (Å²) in [7, 11) is 0. The van der Waals surface area contributed by atoms with Crippen LogP contribution in [0.3, 0.4) is 0 Å². The minimum Gasteiger partial charge on any atom is -0.361 e. The standard InChI is InChI=1S/C10H12O6/c11-8(12)5-6-3-1-2-4-7(6)9(13,14)10(8,15)16/h1-4,11-16H,5H2. The fraction of sp³-hybridized carbons (Fsp3) is 0.400. The summed E-state index contributed by atoms with van der Waals surface area (Å²) in [5.74, 6) is -9.65. The summed E-state index contributed by atoms with van der Waals surface area (Å²) in [6.07, 6.45) is -0.515. The molecule has 0 spiro atoms. The first-order valence-electron chi connectivity index (χ1n) is 4.63. The number of hydrogen-bond acceptors (Lipinski definition) is 6. The third-order valence-corrected chi connectivity index (χ3v) is 2.87. The summed E-state index contributed by atoms with van der Waals surface area (Å²) in [5, 5.41) is 57.0. The Balaban J connectivity index is 2.68. The zero-order chi connectivity index (χ0) is 12.2. The van der Waals surface area contributed by atoms with E-state index in [0.717, 1.165) is 0 Å². The molecule has 1 aromatic rings. The molecule has 88 valence electrons. The van der Waals surface area contributed by atoms with Crippen molar-refractivity contribution in [3.63, 3.8) is 0 Å². The first-order valence-corrected chi connectivity index (χ1v) is 4.63. The highest BCUT2D eigenvalue weighted by Crippen LogP contribution is 2.43. The van der Waals surface area contributed by atoms with Crippen molar-refractivity contribution >= 4 is 0 Å². The van der Waals surface area contributed by atoms with Crippen LogP contribution < -0.4 is 0 Å². The third kappa shape index (κ3) is 1.23. The van der Waals surface area contributed by atoms with Crippen molar-refractivity contribution in [1.82, 2.24) is 0 Å². The van der Waals surface area contributed by atoms with Crippen molar-refractivity contribution in [2.24, 2.45) is 0 Å². The van der Waals surface area contributed by atoms with E-state index in [1.807, 2.05) is 0 Å². The molecule has 0 saturated carbocycles. The van der Waals surface area contributed by atoms with Gasteiger partial charge in [0.15, 0.2) is 0 Å². The monoisotopic (exact) mass is 228 g/mol. The lowest BCUT2D eigenvalue weighted by atomic mass is 9.78. The second kappa shape index (κ2) is 3.01. The normalized spacial score (nSPS) is 24.9. The van der Waals surface area contributed by atoms with Gasteiger partial charge in [-0.15, -0.1) is 0 Å². The Bertz CT molecular complexity index is 423. The number of rotatable bonds is 0. The van der Waals surface area contributed by atoms with Crippen molar-refractivity contribution < 1.29 is 30.6 Å². The SMILES string of the molecule is OC1(O)Cc2ccccc2C(O)(O)C1(O)O. The number of hydrogen-bond donors (Lipinski definition) is 6. The van der Waals surface area contributed by atoms with Gasteiger partial charge in [-0.05, 0) is 5.56 Å². The van der Waals surface area contributed by atoms with E-state index in [4.69, 9.17) is 0 Å². The average molecular weight is 228 g/mol. The van der Waals surface area contributed by atoms with Gasteiger partial charge in [0, 0.05) is 12.0 Å². The summed E-state index contributed by atoms with van der Waals surface area (Å²) in [6, 6.07) is 5.74. The van der Waals surface area contributed by atoms with E-state index in [2.05, 4.69) is 0 Å². The summed E-state index contributed by atoms with van der Waals surface area (Å²) < 4.78 is 0. The highest BCUT2D eigenvalue weighted by molar-refractivity contribution is 5.37. The Morgan fingerprint density at radius 2 is 1.44 bits per heavy atom. The van der Waals surface area contributed by atoms with Crippen LogP contribution in [-0.4, -0.2) is 42.2 Å². The van der Waals surface area contributed by atoms with Gasteiger partial charge in [-0.1, -0.05) is 24.3 Å². The van der Waals surface area contributed by atoms with E-state index in [1.54, 1.807) is 6.07 Å². The second-order valence-corrected chi connectivity index (χ2v) is 3.99. The Labute approximate surface area is 90.7 Å². The minimum absolute atomic E-state index is 0.168. The zero-order valence-electron chi connectivity index (χ0n) is 8.20. The van der Waals surface area contributed by atoms with Gasteiger partial charge in [0.05, 0.1) is 0 Å². The molecule has 0 radical (unpaired) electrons. The van der Waals surface area contributed by atoms with Crippen LogP contribution in [0.5, 0.6) is 0 Å². The van der Waals surface area contributed by atoms with Crippen molar-refractivity contribution in [2.45, 2.75) is 23.8 Å². The highest BCUT2D eigenvalue weighted by Gasteiger charge is 2.65. The minimum atomic E-state index is -3.46. The molecule has 0 bridgehead atoms. The Kier molecular flexibility index (Phi) is 2.16. The predicted molar refractivity (Wildman–Crippen MR) is 50.6 cm³/mol. The third-order valence-electron chi connectivity index (χ3n) is 2.87. The predicted octanol–water partition coefficient (Wildman–Crippen LogP) is -2.26. The molecular weight excluding hydrogens is 216 g/mol. The first kappa shape index (κ1) is 11.5. The van der Waals surface area contributed by atoms with Crippen LogP contribution in [0.2, 0.25) is 0 Å². The molecular formula is C10H12O6. The van der Waals surface area contributed by atoms with E-state index in [1.165, 1.54) is 18.2 Å². The summed E-state index contributed by atoms with van der Waals surface area (Å²) in [4.78, 5) is 0. The van der Waals surface area contributed by atoms with Crippen LogP contribution in [0.15, 0.2) is 24.3 Å². The molecule has 6 N–H and O–H groups in total. The largest absolute Gasteiger partial charge is 0.361 e. The van der Waals surface area contributed by atoms with Gasteiger partial charge in [-0.2, -0.15) is 0 Å². The summed E-state index contributed by atoms with van der Waals surface area (Å²) in [6.45, 7) is 0. The first-order chi connectivity index (χ1) is 7.20. The molecule has 2 rings (SSSR count). The maximum absolute atomic E-state index is 9.63. The molecule has 1 aromatic carbocycles. The lowest BCUT2D eigenvalue weighted by Crippen LogP contribution is -2.70. The molecule has 1 aliphatic carbocycles. The second-order valence-electron chi connectivity index (χ2n) is 3.99. The molecule has 0 fully saturated rings. The molecule has 0 saturated heterocycles. The molecule has 0 amide bonds. The van der Waals surface area contributed by atoms with E-state index < -0.39 is 23.8 Å². The molecule has 16 heavy (non-hydrogen) atoms. The van der Waals surface area contributed by atoms with E-state index >= 15 is 0 Å². The highest BCUT2D eigenvalue weighted by atomic mass is 16.7. The van der Waals surface area contributed by atoms with Crippen molar-refractivity contribution in [1.29, 1.82) is 0 Å². The topological polar surface area (TPSA) is 121 Å². The molecule has 6 heteroatoms. The van der Waals surface area contributed by atoms with Gasteiger partial charge in [-0.3, -0.25) is 0 Å². The zero-order valence-corrected chi connectivity index (χ0v) is 8.20.